The van der Waals surface area contributed by atoms with Crippen LogP contribution in [0.3, 0.4) is 0 Å². The SMILES string of the molecule is CC[C@H]1NC2C=c3ccccc3=C[C@H]2N1[Si](C)(C)C1C2C=CC=CC2C2C=CC=CC21. The molecule has 7 atom stereocenters. The van der Waals surface area contributed by atoms with Crippen molar-refractivity contribution in [2.45, 2.75) is 50.2 Å². The van der Waals surface area contributed by atoms with E-state index >= 15 is 0 Å². The normalized spacial score (nSPS) is 40.0. The molecule has 4 aliphatic carbocycles. The molecule has 31 heavy (non-hydrogen) atoms. The minimum atomic E-state index is -1.82. The second-order valence-corrected chi connectivity index (χ2v) is 15.0. The first kappa shape index (κ1) is 19.7. The summed E-state index contributed by atoms with van der Waals surface area (Å²) in [6, 6.07) is 9.78. The first-order valence-corrected chi connectivity index (χ1v) is 15.2. The average Bonchev–Trinajstić information content (AvgIpc) is 3.33. The highest BCUT2D eigenvalue weighted by Crippen LogP contribution is 2.59. The van der Waals surface area contributed by atoms with Gasteiger partial charge in [-0.3, -0.25) is 5.32 Å². The predicted octanol–water partition coefficient (Wildman–Crippen LogP) is 3.95. The van der Waals surface area contributed by atoms with Crippen LogP contribution in [0.15, 0.2) is 72.9 Å². The molecule has 1 saturated carbocycles. The maximum absolute atomic E-state index is 4.02. The molecule has 0 radical (unpaired) electrons. The van der Waals surface area contributed by atoms with E-state index in [1.165, 1.54) is 10.4 Å². The zero-order chi connectivity index (χ0) is 21.2. The Morgan fingerprint density at radius 3 is 1.94 bits per heavy atom. The lowest BCUT2D eigenvalue weighted by molar-refractivity contribution is 0.319. The van der Waals surface area contributed by atoms with Crippen LogP contribution in [0.1, 0.15) is 13.3 Å². The monoisotopic (exact) mass is 426 g/mol. The summed E-state index contributed by atoms with van der Waals surface area (Å²) < 4.78 is 2.98. The van der Waals surface area contributed by atoms with E-state index in [4.69, 9.17) is 0 Å². The van der Waals surface area contributed by atoms with Crippen LogP contribution in [0, 0.1) is 23.7 Å². The third kappa shape index (κ3) is 2.90. The lowest BCUT2D eigenvalue weighted by Crippen LogP contribution is -2.60. The first-order valence-electron chi connectivity index (χ1n) is 12.1. The van der Waals surface area contributed by atoms with Crippen LogP contribution in [0.25, 0.3) is 12.2 Å². The molecule has 3 heteroatoms. The van der Waals surface area contributed by atoms with Crippen LogP contribution < -0.4 is 15.8 Å². The smallest absolute Gasteiger partial charge is 0.129 e. The number of nitrogens with zero attached hydrogens (tertiary/aromatic N) is 1. The molecule has 160 valence electrons. The zero-order valence-electron chi connectivity index (χ0n) is 18.9. The largest absolute Gasteiger partial charge is 0.301 e. The quantitative estimate of drug-likeness (QED) is 0.737. The van der Waals surface area contributed by atoms with Gasteiger partial charge in [0.15, 0.2) is 0 Å². The summed E-state index contributed by atoms with van der Waals surface area (Å²) in [4.78, 5) is 0. The molecule has 0 aromatic heterocycles. The molecule has 0 bridgehead atoms. The topological polar surface area (TPSA) is 15.3 Å². The van der Waals surface area contributed by atoms with Gasteiger partial charge in [-0.25, -0.2) is 0 Å². The van der Waals surface area contributed by atoms with Gasteiger partial charge in [-0.05, 0) is 46.1 Å². The number of rotatable bonds is 3. The van der Waals surface area contributed by atoms with E-state index < -0.39 is 8.24 Å². The Labute approximate surface area is 187 Å². The van der Waals surface area contributed by atoms with Crippen molar-refractivity contribution in [3.63, 3.8) is 0 Å². The summed E-state index contributed by atoms with van der Waals surface area (Å²) in [5.41, 5.74) is 0.727. The van der Waals surface area contributed by atoms with Gasteiger partial charge in [-0.2, -0.15) is 0 Å². The molecule has 1 saturated heterocycles. The molecule has 1 aliphatic heterocycles. The Balaban J connectivity index is 1.44. The van der Waals surface area contributed by atoms with Crippen molar-refractivity contribution >= 4 is 20.4 Å². The van der Waals surface area contributed by atoms with Gasteiger partial charge in [0, 0.05) is 12.1 Å². The molecule has 6 rings (SSSR count). The fourth-order valence-corrected chi connectivity index (χ4v) is 12.5. The van der Waals surface area contributed by atoms with Crippen LogP contribution in [-0.2, 0) is 0 Å². The van der Waals surface area contributed by atoms with E-state index in [0.717, 1.165) is 12.0 Å². The van der Waals surface area contributed by atoms with Crippen LogP contribution in [0.2, 0.25) is 18.6 Å². The van der Waals surface area contributed by atoms with Crippen LogP contribution in [0.5, 0.6) is 0 Å². The van der Waals surface area contributed by atoms with Gasteiger partial charge in [0.25, 0.3) is 0 Å². The number of hydrogen-bond donors (Lipinski definition) is 1. The zero-order valence-corrected chi connectivity index (χ0v) is 19.9. The maximum atomic E-state index is 4.02. The van der Waals surface area contributed by atoms with E-state index in [-0.39, 0.29) is 0 Å². The van der Waals surface area contributed by atoms with Crippen molar-refractivity contribution in [2.75, 3.05) is 0 Å². The number of benzene rings is 1. The fraction of sp³-hybridized carbons (Fsp3) is 0.429. The molecule has 2 fully saturated rings. The summed E-state index contributed by atoms with van der Waals surface area (Å²) in [6.45, 7) is 7.68. The molecule has 1 N–H and O–H groups in total. The van der Waals surface area contributed by atoms with Gasteiger partial charge in [-0.15, -0.1) is 0 Å². The minimum absolute atomic E-state index is 0.420. The molecule has 0 spiro atoms. The maximum Gasteiger partial charge on any atom is 0.129 e. The summed E-state index contributed by atoms with van der Waals surface area (Å²) in [6.07, 6.45) is 25.9. The Morgan fingerprint density at radius 1 is 0.806 bits per heavy atom. The molecule has 1 heterocycles. The van der Waals surface area contributed by atoms with E-state index in [0.29, 0.717) is 41.9 Å². The van der Waals surface area contributed by atoms with Crippen molar-refractivity contribution in [1.29, 1.82) is 0 Å². The highest BCUT2D eigenvalue weighted by molar-refractivity contribution is 6.76. The molecule has 5 unspecified atom stereocenters. The van der Waals surface area contributed by atoms with Gasteiger partial charge in [0.05, 0.1) is 6.17 Å². The lowest BCUT2D eigenvalue weighted by atomic mass is 9.83. The third-order valence-electron chi connectivity index (χ3n) is 8.70. The predicted molar refractivity (Wildman–Crippen MR) is 133 cm³/mol. The van der Waals surface area contributed by atoms with E-state index in [1.54, 1.807) is 0 Å². The summed E-state index contributed by atoms with van der Waals surface area (Å²) in [5, 5.41) is 6.80. The van der Waals surface area contributed by atoms with E-state index in [2.05, 4.69) is 115 Å². The summed E-state index contributed by atoms with van der Waals surface area (Å²) >= 11 is 0. The van der Waals surface area contributed by atoms with Crippen molar-refractivity contribution in [2.24, 2.45) is 23.7 Å². The Bertz CT molecular complexity index is 1080. The van der Waals surface area contributed by atoms with Gasteiger partial charge in [-0.1, -0.05) is 105 Å². The van der Waals surface area contributed by atoms with Crippen LogP contribution in [-0.4, -0.2) is 31.1 Å². The highest BCUT2D eigenvalue weighted by Gasteiger charge is 2.58. The molecule has 1 aromatic carbocycles. The first-order chi connectivity index (χ1) is 15.1. The second-order valence-electron chi connectivity index (χ2n) is 10.5. The second kappa shape index (κ2) is 7.30. The molecule has 2 nitrogen and oxygen atoms in total. The fourth-order valence-electron chi connectivity index (χ4n) is 7.55. The summed E-state index contributed by atoms with van der Waals surface area (Å²) in [7, 11) is -1.82. The number of allylic oxidation sites excluding steroid dienone is 8. The van der Waals surface area contributed by atoms with E-state index in [9.17, 15) is 0 Å². The Hall–Kier alpha value is -1.94. The third-order valence-corrected chi connectivity index (χ3v) is 13.0. The lowest BCUT2D eigenvalue weighted by Gasteiger charge is -2.48. The number of fused-ring (bicyclic) bond motifs is 5. The van der Waals surface area contributed by atoms with Gasteiger partial charge >= 0.3 is 0 Å². The van der Waals surface area contributed by atoms with Crippen molar-refractivity contribution in [3.05, 3.63) is 83.3 Å². The van der Waals surface area contributed by atoms with E-state index in [1.807, 2.05) is 0 Å². The Kier molecular flexibility index (Phi) is 4.64. The molecule has 1 aromatic rings. The number of hydrogen-bond acceptors (Lipinski definition) is 2. The van der Waals surface area contributed by atoms with Gasteiger partial charge in [0.2, 0.25) is 0 Å². The van der Waals surface area contributed by atoms with Crippen molar-refractivity contribution in [3.8, 4) is 0 Å². The standard InChI is InChI=1S/C28H34N2Si/c1-4-27-29-25-17-19-11-5-6-12-20(19)18-26(25)30(27)31(2,3)28-23-15-9-7-13-21(23)22-14-8-10-16-24(22)28/h5-18,21-29H,4H2,1-3H3/t21?,22?,23?,24?,25?,26-,27+,28?/m1/s1. The molecule has 5 aliphatic rings. The summed E-state index contributed by atoms with van der Waals surface area (Å²) in [5.74, 6) is 2.63. The average molecular weight is 427 g/mol. The van der Waals surface area contributed by atoms with Crippen LogP contribution in [0.4, 0.5) is 0 Å². The van der Waals surface area contributed by atoms with Crippen LogP contribution >= 0.6 is 0 Å². The molecule has 0 amide bonds. The number of nitrogens with one attached hydrogen (secondary N) is 1. The van der Waals surface area contributed by atoms with Crippen molar-refractivity contribution < 1.29 is 0 Å². The molecular formula is C28H34N2Si. The van der Waals surface area contributed by atoms with Crippen molar-refractivity contribution in [1.82, 2.24) is 9.88 Å². The highest BCUT2D eigenvalue weighted by atomic mass is 28.3. The molecular weight excluding hydrogens is 392 g/mol. The minimum Gasteiger partial charge on any atom is -0.301 e. The van der Waals surface area contributed by atoms with Gasteiger partial charge < -0.3 is 4.57 Å². The Morgan fingerprint density at radius 2 is 1.35 bits per heavy atom. The van der Waals surface area contributed by atoms with Gasteiger partial charge in [0.1, 0.15) is 8.24 Å².